The fourth-order valence-corrected chi connectivity index (χ4v) is 6.33. The Kier molecular flexibility index (Phi) is 10.2. The number of hydrogen-bond donors (Lipinski definition) is 0. The molecule has 0 aliphatic heterocycles. The number of carbonyl (C=O) groups is 1. The molecule has 3 heteroatoms. The molecule has 39 heavy (non-hydrogen) atoms. The van der Waals surface area contributed by atoms with E-state index in [1.807, 2.05) is 36.4 Å². The molecule has 0 aliphatic carbocycles. The van der Waals surface area contributed by atoms with E-state index in [0.717, 1.165) is 10.9 Å². The maximum atomic E-state index is 11.9. The standard InChI is InChI=1S/C22H24B.C14H15OS/c1-2-3-19-23(20-13-7-4-8-14-20,21-15-9-5-10-16-21)22-17-11-6-12-18-22;1-16(2)10-14(15)13-8-7-11-5-3-4-6-12(11)9-13/h4-18H,2-3,19H2,1H3;3-9H,10H2,1-2H3/q-1;+1. The SMILES string of the molecule is CCCC[B-](c1ccccc1)(c1ccccc1)c1ccccc1.C[S+](C)CC(=O)c1ccc2ccccc2c1. The van der Waals surface area contributed by atoms with Crippen LogP contribution < -0.4 is 16.4 Å². The molecule has 5 aromatic rings. The average Bonchev–Trinajstić information content (AvgIpc) is 2.99. The molecule has 1 nitrogen and oxygen atoms in total. The second kappa shape index (κ2) is 14.0. The van der Waals surface area contributed by atoms with Gasteiger partial charge in [0.15, 0.2) is 5.75 Å². The van der Waals surface area contributed by atoms with Gasteiger partial charge < -0.3 is 0 Å². The summed E-state index contributed by atoms with van der Waals surface area (Å²) in [7, 11) is 0.171. The molecule has 0 spiro atoms. The van der Waals surface area contributed by atoms with Gasteiger partial charge in [-0.1, -0.05) is 147 Å². The molecule has 198 valence electrons. The van der Waals surface area contributed by atoms with Gasteiger partial charge >= 0.3 is 0 Å². The largest absolute Gasteiger partial charge is 0.289 e. The maximum absolute atomic E-state index is 11.9. The van der Waals surface area contributed by atoms with Crippen LogP contribution in [0.2, 0.25) is 6.32 Å². The zero-order valence-corrected chi connectivity index (χ0v) is 24.2. The topological polar surface area (TPSA) is 17.1 Å². The van der Waals surface area contributed by atoms with Crippen molar-refractivity contribution in [2.75, 3.05) is 18.3 Å². The molecule has 0 heterocycles. The van der Waals surface area contributed by atoms with Gasteiger partial charge in [-0.2, -0.15) is 22.7 Å². The Labute approximate surface area is 237 Å². The second-order valence-electron chi connectivity index (χ2n) is 10.5. The van der Waals surface area contributed by atoms with Crippen molar-refractivity contribution in [1.29, 1.82) is 0 Å². The fourth-order valence-electron chi connectivity index (χ4n) is 5.64. The highest BCUT2D eigenvalue weighted by Crippen LogP contribution is 2.17. The molecule has 0 saturated heterocycles. The van der Waals surface area contributed by atoms with Crippen LogP contribution in [0.25, 0.3) is 10.8 Å². The summed E-state index contributed by atoms with van der Waals surface area (Å²) in [5, 5.41) is 2.33. The maximum Gasteiger partial charge on any atom is 0.211 e. The van der Waals surface area contributed by atoms with Gasteiger partial charge in [0, 0.05) is 5.56 Å². The van der Waals surface area contributed by atoms with E-state index in [2.05, 4.69) is 116 Å². The highest BCUT2D eigenvalue weighted by Gasteiger charge is 2.28. The third kappa shape index (κ3) is 7.10. The number of Topliss-reactive ketones (excluding diaryl/α,β-unsaturated/α-hetero) is 1. The Morgan fingerprint density at radius 3 is 1.54 bits per heavy atom. The van der Waals surface area contributed by atoms with E-state index in [1.54, 1.807) is 0 Å². The van der Waals surface area contributed by atoms with Gasteiger partial charge in [0.2, 0.25) is 5.78 Å². The van der Waals surface area contributed by atoms with Crippen LogP contribution in [0.15, 0.2) is 133 Å². The zero-order valence-electron chi connectivity index (χ0n) is 23.4. The van der Waals surface area contributed by atoms with E-state index in [9.17, 15) is 4.79 Å². The molecule has 0 aromatic heterocycles. The van der Waals surface area contributed by atoms with Crippen LogP contribution >= 0.6 is 0 Å². The molecule has 0 bridgehead atoms. The van der Waals surface area contributed by atoms with E-state index in [-0.39, 0.29) is 16.7 Å². The highest BCUT2D eigenvalue weighted by molar-refractivity contribution is 7.96. The molecule has 0 fully saturated rings. The molecule has 0 saturated carbocycles. The summed E-state index contributed by atoms with van der Waals surface area (Å²) in [6, 6.07) is 47.2. The first-order valence-corrected chi connectivity index (χ1v) is 16.2. The van der Waals surface area contributed by atoms with Gasteiger partial charge in [0.1, 0.15) is 0 Å². The smallest absolute Gasteiger partial charge is 0.211 e. The molecular weight excluding hydrogens is 491 g/mol. The van der Waals surface area contributed by atoms with Crippen molar-refractivity contribution in [2.45, 2.75) is 26.1 Å². The number of rotatable bonds is 9. The highest BCUT2D eigenvalue weighted by atomic mass is 32.2. The van der Waals surface area contributed by atoms with Crippen LogP contribution in [0.1, 0.15) is 30.1 Å². The Morgan fingerprint density at radius 2 is 1.08 bits per heavy atom. The van der Waals surface area contributed by atoms with Crippen molar-refractivity contribution in [3.8, 4) is 0 Å². The van der Waals surface area contributed by atoms with Crippen LogP contribution in [0.3, 0.4) is 0 Å². The quantitative estimate of drug-likeness (QED) is 0.116. The minimum atomic E-state index is -0.913. The minimum Gasteiger partial charge on any atom is -0.289 e. The Bertz CT molecular complexity index is 1350. The number of hydrogen-bond acceptors (Lipinski definition) is 1. The summed E-state index contributed by atoms with van der Waals surface area (Å²) >= 11 is 0. The van der Waals surface area contributed by atoms with Crippen LogP contribution in [-0.4, -0.2) is 30.2 Å². The van der Waals surface area contributed by atoms with Crippen LogP contribution in [0.5, 0.6) is 0 Å². The molecule has 0 amide bonds. The van der Waals surface area contributed by atoms with Crippen molar-refractivity contribution in [3.05, 3.63) is 139 Å². The number of benzene rings is 5. The van der Waals surface area contributed by atoms with E-state index >= 15 is 0 Å². The van der Waals surface area contributed by atoms with Crippen molar-refractivity contribution in [2.24, 2.45) is 0 Å². The summed E-state index contributed by atoms with van der Waals surface area (Å²) in [4.78, 5) is 11.9. The summed E-state index contributed by atoms with van der Waals surface area (Å²) < 4.78 is 0. The van der Waals surface area contributed by atoms with E-state index in [0.29, 0.717) is 5.75 Å². The van der Waals surface area contributed by atoms with Crippen molar-refractivity contribution in [1.82, 2.24) is 0 Å². The molecule has 0 N–H and O–H groups in total. The van der Waals surface area contributed by atoms with Crippen LogP contribution in [-0.2, 0) is 10.9 Å². The molecule has 5 rings (SSSR count). The normalized spacial score (nSPS) is 11.2. The van der Waals surface area contributed by atoms with Gasteiger partial charge in [-0.05, 0) is 27.7 Å². The van der Waals surface area contributed by atoms with E-state index < -0.39 is 6.15 Å². The summed E-state index contributed by atoms with van der Waals surface area (Å²) in [5.74, 6) is 0.900. The predicted molar refractivity (Wildman–Crippen MR) is 176 cm³/mol. The lowest BCUT2D eigenvalue weighted by molar-refractivity contribution is 0.102. The first kappa shape index (κ1) is 28.5. The summed E-state index contributed by atoms with van der Waals surface area (Å²) in [5.41, 5.74) is 5.16. The Hall–Kier alpha value is -3.56. The molecule has 0 aliphatic rings. The van der Waals surface area contributed by atoms with E-state index in [4.69, 9.17) is 0 Å². The average molecular weight is 531 g/mol. The number of carbonyl (C=O) groups excluding carboxylic acids is 1. The van der Waals surface area contributed by atoms with Crippen molar-refractivity contribution >= 4 is 50.0 Å². The number of ketones is 1. The molecule has 0 radical (unpaired) electrons. The lowest BCUT2D eigenvalue weighted by Crippen LogP contribution is -2.66. The fraction of sp³-hybridized carbons (Fsp3) is 0.194. The Morgan fingerprint density at radius 1 is 0.615 bits per heavy atom. The molecule has 0 unspecified atom stereocenters. The number of unbranched alkanes of at least 4 members (excludes halogenated alkanes) is 1. The number of fused-ring (bicyclic) bond motifs is 1. The van der Waals surface area contributed by atoms with Gasteiger partial charge in [-0.3, -0.25) is 4.79 Å². The third-order valence-electron chi connectivity index (χ3n) is 7.59. The van der Waals surface area contributed by atoms with Gasteiger partial charge in [-0.15, -0.1) is 0 Å². The first-order valence-electron chi connectivity index (χ1n) is 13.9. The van der Waals surface area contributed by atoms with Crippen molar-refractivity contribution < 1.29 is 4.79 Å². The predicted octanol–water partition coefficient (Wildman–Crippen LogP) is 6.86. The second-order valence-corrected chi connectivity index (χ2v) is 12.8. The molecule has 5 aromatic carbocycles. The van der Waals surface area contributed by atoms with Crippen LogP contribution in [0.4, 0.5) is 0 Å². The zero-order chi connectivity index (χ0) is 27.5. The first-order chi connectivity index (χ1) is 19.0. The lowest BCUT2D eigenvalue weighted by atomic mass is 9.14. The van der Waals surface area contributed by atoms with Gasteiger partial charge in [0.05, 0.1) is 18.7 Å². The third-order valence-corrected chi connectivity index (χ3v) is 8.43. The Balaban J connectivity index is 0.000000193. The van der Waals surface area contributed by atoms with E-state index in [1.165, 1.54) is 40.9 Å². The molecule has 0 atom stereocenters. The monoisotopic (exact) mass is 530 g/mol. The summed E-state index contributed by atoms with van der Waals surface area (Å²) in [6.45, 7) is 2.28. The lowest BCUT2D eigenvalue weighted by Gasteiger charge is -2.43. The van der Waals surface area contributed by atoms with Crippen molar-refractivity contribution in [3.63, 3.8) is 0 Å². The van der Waals surface area contributed by atoms with Crippen LogP contribution in [0, 0.1) is 0 Å². The van der Waals surface area contributed by atoms with Gasteiger partial charge in [-0.25, -0.2) is 0 Å². The van der Waals surface area contributed by atoms with Gasteiger partial charge in [0.25, 0.3) is 0 Å². The summed E-state index contributed by atoms with van der Waals surface area (Å²) in [6.07, 6.45) is 6.92. The molecular formula is C36H39BOS. The minimum absolute atomic E-state index is 0.171.